The number of aromatic nitrogens is 1. The van der Waals surface area contributed by atoms with Crippen LogP contribution in [0.3, 0.4) is 0 Å². The average molecular weight is 392 g/mol. The van der Waals surface area contributed by atoms with Crippen LogP contribution in [-0.2, 0) is 9.47 Å². The van der Waals surface area contributed by atoms with Crippen LogP contribution in [0.2, 0.25) is 0 Å². The predicted octanol–water partition coefficient (Wildman–Crippen LogP) is 4.95. The van der Waals surface area contributed by atoms with Crippen molar-refractivity contribution in [2.24, 2.45) is 0 Å². The number of anilines is 2. The fourth-order valence-corrected chi connectivity index (χ4v) is 3.00. The molecule has 0 amide bonds. The minimum absolute atomic E-state index is 0.253. The van der Waals surface area contributed by atoms with Crippen LogP contribution in [0.15, 0.2) is 42.6 Å². The third kappa shape index (κ3) is 4.37. The summed E-state index contributed by atoms with van der Waals surface area (Å²) in [4.78, 5) is 29.1. The van der Waals surface area contributed by atoms with E-state index in [9.17, 15) is 9.59 Å². The number of nitrogens with one attached hydrogen (secondary N) is 1. The number of hydrogen-bond donors (Lipinski definition) is 1. The number of pyridine rings is 1. The summed E-state index contributed by atoms with van der Waals surface area (Å²) < 4.78 is 10.3. The Hall–Kier alpha value is -3.41. The van der Waals surface area contributed by atoms with Crippen molar-refractivity contribution in [1.82, 2.24) is 4.98 Å². The van der Waals surface area contributed by atoms with Crippen molar-refractivity contribution < 1.29 is 19.1 Å². The van der Waals surface area contributed by atoms with E-state index in [1.165, 1.54) is 11.8 Å². The van der Waals surface area contributed by atoms with Crippen LogP contribution >= 0.6 is 0 Å². The fourth-order valence-electron chi connectivity index (χ4n) is 3.00. The van der Waals surface area contributed by atoms with Gasteiger partial charge >= 0.3 is 11.9 Å². The van der Waals surface area contributed by atoms with Gasteiger partial charge in [-0.1, -0.05) is 6.07 Å². The first-order valence-corrected chi connectivity index (χ1v) is 9.55. The monoisotopic (exact) mass is 392 g/mol. The first-order chi connectivity index (χ1) is 13.9. The van der Waals surface area contributed by atoms with Gasteiger partial charge in [-0.15, -0.1) is 0 Å². The van der Waals surface area contributed by atoms with Gasteiger partial charge in [-0.2, -0.15) is 0 Å². The molecule has 0 saturated carbocycles. The molecule has 0 spiro atoms. The molecule has 0 aliphatic carbocycles. The maximum atomic E-state index is 12.5. The Morgan fingerprint density at radius 1 is 0.931 bits per heavy atom. The molecule has 29 heavy (non-hydrogen) atoms. The molecule has 0 aliphatic heterocycles. The number of fused-ring (bicyclic) bond motifs is 1. The summed E-state index contributed by atoms with van der Waals surface area (Å²) in [5, 5.41) is 3.97. The molecule has 0 saturated heterocycles. The number of nitrogens with zero attached hydrogens (tertiary/aromatic N) is 1. The highest BCUT2D eigenvalue weighted by molar-refractivity contribution is 6.07. The van der Waals surface area contributed by atoms with Gasteiger partial charge in [0.2, 0.25) is 0 Å². The van der Waals surface area contributed by atoms with Gasteiger partial charge in [-0.25, -0.2) is 9.59 Å². The highest BCUT2D eigenvalue weighted by Gasteiger charge is 2.19. The second-order valence-corrected chi connectivity index (χ2v) is 6.64. The number of aryl methyl sites for hydroxylation is 2. The molecule has 1 heterocycles. The predicted molar refractivity (Wildman–Crippen MR) is 113 cm³/mol. The van der Waals surface area contributed by atoms with Crippen LogP contribution in [0.25, 0.3) is 10.9 Å². The van der Waals surface area contributed by atoms with Crippen LogP contribution < -0.4 is 5.32 Å². The molecule has 2 aromatic carbocycles. The normalized spacial score (nSPS) is 10.6. The molecule has 0 atom stereocenters. The number of esters is 2. The van der Waals surface area contributed by atoms with E-state index in [1.807, 2.05) is 32.0 Å². The quantitative estimate of drug-likeness (QED) is 0.598. The number of carbonyl (C=O) groups excluding carboxylic acids is 2. The van der Waals surface area contributed by atoms with Crippen molar-refractivity contribution in [2.75, 3.05) is 18.5 Å². The third-order valence-corrected chi connectivity index (χ3v) is 4.65. The van der Waals surface area contributed by atoms with Gasteiger partial charge in [-0.3, -0.25) is 4.98 Å². The Labute approximate surface area is 169 Å². The van der Waals surface area contributed by atoms with Gasteiger partial charge in [0.05, 0.1) is 30.0 Å². The Morgan fingerprint density at radius 3 is 2.34 bits per heavy atom. The molecule has 3 aromatic rings. The molecular weight excluding hydrogens is 368 g/mol. The number of carbonyl (C=O) groups is 2. The Kier molecular flexibility index (Phi) is 6.12. The van der Waals surface area contributed by atoms with E-state index in [0.717, 1.165) is 11.3 Å². The van der Waals surface area contributed by atoms with Gasteiger partial charge in [0.25, 0.3) is 0 Å². The number of hydrogen-bond acceptors (Lipinski definition) is 6. The lowest BCUT2D eigenvalue weighted by Crippen LogP contribution is -2.10. The zero-order chi connectivity index (χ0) is 21.0. The summed E-state index contributed by atoms with van der Waals surface area (Å²) in [6.07, 6.45) is 1.49. The molecular formula is C23H24N2O4. The molecule has 0 fully saturated rings. The average Bonchev–Trinajstić information content (AvgIpc) is 2.71. The molecule has 0 aliphatic rings. The maximum absolute atomic E-state index is 12.5. The van der Waals surface area contributed by atoms with E-state index in [4.69, 9.17) is 9.47 Å². The summed E-state index contributed by atoms with van der Waals surface area (Å²) in [6.45, 7) is 8.11. The van der Waals surface area contributed by atoms with Gasteiger partial charge in [0.15, 0.2) is 0 Å². The first kappa shape index (κ1) is 20.3. The Morgan fingerprint density at radius 2 is 1.66 bits per heavy atom. The SMILES string of the molecule is CCOC(=O)c1ccc2ncc(C(=O)OCC)c(Nc3ccc(C)c(C)c3)c2c1. The van der Waals surface area contributed by atoms with Crippen LogP contribution in [0.5, 0.6) is 0 Å². The van der Waals surface area contributed by atoms with Crippen molar-refractivity contribution in [2.45, 2.75) is 27.7 Å². The van der Waals surface area contributed by atoms with Crippen LogP contribution in [0, 0.1) is 13.8 Å². The number of benzene rings is 2. The standard InChI is InChI=1S/C23H24N2O4/c1-5-28-22(26)16-8-10-20-18(12-16)21(19(13-24-20)23(27)29-6-2)25-17-9-7-14(3)15(4)11-17/h7-13H,5-6H2,1-4H3,(H,24,25). The molecule has 6 heteroatoms. The zero-order valence-corrected chi connectivity index (χ0v) is 17.0. The second-order valence-electron chi connectivity index (χ2n) is 6.64. The topological polar surface area (TPSA) is 77.5 Å². The third-order valence-electron chi connectivity index (χ3n) is 4.65. The Bertz CT molecular complexity index is 1070. The summed E-state index contributed by atoms with van der Waals surface area (Å²) in [7, 11) is 0. The van der Waals surface area contributed by atoms with Crippen molar-refractivity contribution in [3.8, 4) is 0 Å². The minimum Gasteiger partial charge on any atom is -0.462 e. The minimum atomic E-state index is -0.477. The van der Waals surface area contributed by atoms with Gasteiger partial charge in [-0.05, 0) is 69.2 Å². The van der Waals surface area contributed by atoms with Crippen molar-refractivity contribution in [3.63, 3.8) is 0 Å². The highest BCUT2D eigenvalue weighted by atomic mass is 16.5. The van der Waals surface area contributed by atoms with E-state index < -0.39 is 11.9 Å². The van der Waals surface area contributed by atoms with Crippen LogP contribution in [0.4, 0.5) is 11.4 Å². The van der Waals surface area contributed by atoms with E-state index in [2.05, 4.69) is 10.3 Å². The molecule has 1 aromatic heterocycles. The summed E-state index contributed by atoms with van der Waals surface area (Å²) >= 11 is 0. The maximum Gasteiger partial charge on any atom is 0.341 e. The Balaban J connectivity index is 2.18. The van der Waals surface area contributed by atoms with E-state index >= 15 is 0 Å². The van der Waals surface area contributed by atoms with Gasteiger partial charge in [0.1, 0.15) is 5.56 Å². The van der Waals surface area contributed by atoms with E-state index in [1.54, 1.807) is 32.0 Å². The van der Waals surface area contributed by atoms with Crippen molar-refractivity contribution in [1.29, 1.82) is 0 Å². The first-order valence-electron chi connectivity index (χ1n) is 9.55. The lowest BCUT2D eigenvalue weighted by Gasteiger charge is -2.15. The number of ether oxygens (including phenoxy) is 2. The van der Waals surface area contributed by atoms with Crippen LogP contribution in [0.1, 0.15) is 45.7 Å². The van der Waals surface area contributed by atoms with Crippen molar-refractivity contribution >= 4 is 34.2 Å². The zero-order valence-electron chi connectivity index (χ0n) is 17.0. The fraction of sp³-hybridized carbons (Fsp3) is 0.261. The van der Waals surface area contributed by atoms with Gasteiger partial charge < -0.3 is 14.8 Å². The molecule has 150 valence electrons. The lowest BCUT2D eigenvalue weighted by atomic mass is 10.0. The second kappa shape index (κ2) is 8.73. The molecule has 0 unspecified atom stereocenters. The van der Waals surface area contributed by atoms with Crippen molar-refractivity contribution in [3.05, 3.63) is 64.8 Å². The van der Waals surface area contributed by atoms with E-state index in [-0.39, 0.29) is 13.2 Å². The molecule has 6 nitrogen and oxygen atoms in total. The molecule has 0 bridgehead atoms. The largest absolute Gasteiger partial charge is 0.462 e. The molecule has 3 rings (SSSR count). The number of rotatable bonds is 6. The smallest absolute Gasteiger partial charge is 0.341 e. The molecule has 0 radical (unpaired) electrons. The van der Waals surface area contributed by atoms with Crippen LogP contribution in [-0.4, -0.2) is 30.1 Å². The summed E-state index contributed by atoms with van der Waals surface area (Å²) in [5.74, 6) is -0.900. The molecule has 1 N–H and O–H groups in total. The highest BCUT2D eigenvalue weighted by Crippen LogP contribution is 2.31. The van der Waals surface area contributed by atoms with E-state index in [0.29, 0.717) is 27.7 Å². The lowest BCUT2D eigenvalue weighted by molar-refractivity contribution is 0.0518. The summed E-state index contributed by atoms with van der Waals surface area (Å²) in [6, 6.07) is 11.0. The summed E-state index contributed by atoms with van der Waals surface area (Å²) in [5.41, 5.74) is 5.01. The van der Waals surface area contributed by atoms with Gasteiger partial charge in [0, 0.05) is 17.3 Å².